The van der Waals surface area contributed by atoms with Gasteiger partial charge in [0.2, 0.25) is 0 Å². The van der Waals surface area contributed by atoms with Crippen molar-refractivity contribution in [3.05, 3.63) is 54.0 Å². The van der Waals surface area contributed by atoms with Gasteiger partial charge in [0.15, 0.2) is 0 Å². The zero-order valence-electron chi connectivity index (χ0n) is 11.3. The number of aryl methyl sites for hydroxylation is 1. The standard InChI is InChI=1S/C15H16N4O/c1-2-9-19-14(10-17-18-19)15(20)12-7-8-16-13-6-4-3-5-11(12)13/h3-8,10,15,20H,2,9H2,1H3. The van der Waals surface area contributed by atoms with E-state index in [0.29, 0.717) is 5.69 Å². The average molecular weight is 268 g/mol. The maximum atomic E-state index is 10.7. The van der Waals surface area contributed by atoms with Crippen LogP contribution in [-0.4, -0.2) is 25.1 Å². The highest BCUT2D eigenvalue weighted by Crippen LogP contribution is 2.27. The highest BCUT2D eigenvalue weighted by Gasteiger charge is 2.18. The first-order valence-corrected chi connectivity index (χ1v) is 6.71. The summed E-state index contributed by atoms with van der Waals surface area (Å²) in [7, 11) is 0. The van der Waals surface area contributed by atoms with Crippen molar-refractivity contribution in [2.75, 3.05) is 0 Å². The largest absolute Gasteiger partial charge is 0.382 e. The van der Waals surface area contributed by atoms with E-state index in [4.69, 9.17) is 0 Å². The van der Waals surface area contributed by atoms with Crippen molar-refractivity contribution in [1.82, 2.24) is 20.0 Å². The summed E-state index contributed by atoms with van der Waals surface area (Å²) in [4.78, 5) is 4.32. The van der Waals surface area contributed by atoms with Crippen molar-refractivity contribution in [2.45, 2.75) is 26.0 Å². The van der Waals surface area contributed by atoms with Crippen molar-refractivity contribution < 1.29 is 5.11 Å². The van der Waals surface area contributed by atoms with Crippen LogP contribution in [0.3, 0.4) is 0 Å². The zero-order chi connectivity index (χ0) is 13.9. The van der Waals surface area contributed by atoms with Crippen LogP contribution in [0.25, 0.3) is 10.9 Å². The summed E-state index contributed by atoms with van der Waals surface area (Å²) < 4.78 is 1.75. The normalized spacial score (nSPS) is 12.7. The van der Waals surface area contributed by atoms with Gasteiger partial charge in [0.05, 0.1) is 17.4 Å². The van der Waals surface area contributed by atoms with Gasteiger partial charge in [-0.15, -0.1) is 5.10 Å². The molecule has 1 atom stereocenters. The highest BCUT2D eigenvalue weighted by atomic mass is 16.3. The molecule has 0 aliphatic rings. The van der Waals surface area contributed by atoms with E-state index in [1.54, 1.807) is 17.1 Å². The molecule has 3 aromatic rings. The number of hydrogen-bond donors (Lipinski definition) is 1. The topological polar surface area (TPSA) is 63.8 Å². The van der Waals surface area contributed by atoms with Crippen molar-refractivity contribution in [3.63, 3.8) is 0 Å². The smallest absolute Gasteiger partial charge is 0.123 e. The third kappa shape index (κ3) is 2.16. The van der Waals surface area contributed by atoms with E-state index < -0.39 is 6.10 Å². The number of pyridine rings is 1. The fraction of sp³-hybridized carbons (Fsp3) is 0.267. The number of aliphatic hydroxyl groups is 1. The number of aromatic nitrogens is 4. The minimum Gasteiger partial charge on any atom is -0.382 e. The van der Waals surface area contributed by atoms with Crippen LogP contribution in [0.5, 0.6) is 0 Å². The number of aliphatic hydroxyl groups excluding tert-OH is 1. The quantitative estimate of drug-likeness (QED) is 0.788. The minimum atomic E-state index is -0.746. The second-order valence-corrected chi connectivity index (χ2v) is 4.70. The first-order valence-electron chi connectivity index (χ1n) is 6.71. The molecule has 3 rings (SSSR count). The van der Waals surface area contributed by atoms with E-state index in [2.05, 4.69) is 22.2 Å². The van der Waals surface area contributed by atoms with Crippen LogP contribution in [0.2, 0.25) is 0 Å². The maximum absolute atomic E-state index is 10.7. The Morgan fingerprint density at radius 1 is 1.25 bits per heavy atom. The van der Waals surface area contributed by atoms with Gasteiger partial charge in [-0.3, -0.25) is 4.98 Å². The fourth-order valence-electron chi connectivity index (χ4n) is 2.38. The molecule has 5 heteroatoms. The zero-order valence-corrected chi connectivity index (χ0v) is 11.3. The molecule has 1 aromatic carbocycles. The lowest BCUT2D eigenvalue weighted by Gasteiger charge is -2.14. The molecule has 2 aromatic heterocycles. The van der Waals surface area contributed by atoms with Crippen LogP contribution in [0.1, 0.15) is 30.7 Å². The van der Waals surface area contributed by atoms with E-state index in [-0.39, 0.29) is 0 Å². The van der Waals surface area contributed by atoms with E-state index in [1.807, 2.05) is 30.3 Å². The number of fused-ring (bicyclic) bond motifs is 1. The maximum Gasteiger partial charge on any atom is 0.123 e. The van der Waals surface area contributed by atoms with Gasteiger partial charge in [-0.25, -0.2) is 4.68 Å². The van der Waals surface area contributed by atoms with Gasteiger partial charge in [0, 0.05) is 18.1 Å². The molecule has 0 radical (unpaired) electrons. The number of benzene rings is 1. The van der Waals surface area contributed by atoms with Crippen molar-refractivity contribution >= 4 is 10.9 Å². The highest BCUT2D eigenvalue weighted by molar-refractivity contribution is 5.82. The number of hydrogen-bond acceptors (Lipinski definition) is 4. The molecule has 0 bridgehead atoms. The van der Waals surface area contributed by atoms with Crippen molar-refractivity contribution in [2.24, 2.45) is 0 Å². The summed E-state index contributed by atoms with van der Waals surface area (Å²) in [5.74, 6) is 0. The molecule has 20 heavy (non-hydrogen) atoms. The number of para-hydroxylation sites is 1. The average Bonchev–Trinajstić information content (AvgIpc) is 2.94. The van der Waals surface area contributed by atoms with Gasteiger partial charge in [-0.2, -0.15) is 0 Å². The first-order chi connectivity index (χ1) is 9.81. The number of nitrogens with zero attached hydrogens (tertiary/aromatic N) is 4. The van der Waals surface area contributed by atoms with Gasteiger partial charge in [-0.1, -0.05) is 30.3 Å². The van der Waals surface area contributed by atoms with Crippen LogP contribution in [0.4, 0.5) is 0 Å². The Kier molecular flexibility index (Phi) is 3.43. The molecule has 1 unspecified atom stereocenters. The summed E-state index contributed by atoms with van der Waals surface area (Å²) in [5.41, 5.74) is 2.41. The first kappa shape index (κ1) is 12.7. The van der Waals surface area contributed by atoms with E-state index in [0.717, 1.165) is 29.4 Å². The monoisotopic (exact) mass is 268 g/mol. The number of rotatable bonds is 4. The molecule has 0 saturated heterocycles. The van der Waals surface area contributed by atoms with Crippen LogP contribution in [-0.2, 0) is 6.54 Å². The Bertz CT molecular complexity index is 717. The second kappa shape index (κ2) is 5.38. The van der Waals surface area contributed by atoms with Crippen LogP contribution < -0.4 is 0 Å². The lowest BCUT2D eigenvalue weighted by Crippen LogP contribution is -2.10. The molecular formula is C15H16N4O. The summed E-state index contributed by atoms with van der Waals surface area (Å²) in [5, 5.41) is 19.5. The summed E-state index contributed by atoms with van der Waals surface area (Å²) in [6.45, 7) is 2.81. The van der Waals surface area contributed by atoms with Gasteiger partial charge in [0.1, 0.15) is 6.10 Å². The molecule has 0 aliphatic heterocycles. The van der Waals surface area contributed by atoms with E-state index in [9.17, 15) is 5.11 Å². The van der Waals surface area contributed by atoms with Gasteiger partial charge in [0.25, 0.3) is 0 Å². The Morgan fingerprint density at radius 3 is 2.95 bits per heavy atom. The Labute approximate surface area is 116 Å². The summed E-state index contributed by atoms with van der Waals surface area (Å²) in [6, 6.07) is 9.63. The molecule has 0 saturated carbocycles. The Morgan fingerprint density at radius 2 is 2.10 bits per heavy atom. The van der Waals surface area contributed by atoms with Crippen LogP contribution >= 0.6 is 0 Å². The van der Waals surface area contributed by atoms with Gasteiger partial charge < -0.3 is 5.11 Å². The van der Waals surface area contributed by atoms with Gasteiger partial charge >= 0.3 is 0 Å². The minimum absolute atomic E-state index is 0.711. The lowest BCUT2D eigenvalue weighted by atomic mass is 10.0. The Hall–Kier alpha value is -2.27. The van der Waals surface area contributed by atoms with Crippen LogP contribution in [0, 0.1) is 0 Å². The second-order valence-electron chi connectivity index (χ2n) is 4.70. The van der Waals surface area contributed by atoms with Crippen molar-refractivity contribution in [3.8, 4) is 0 Å². The van der Waals surface area contributed by atoms with E-state index >= 15 is 0 Å². The van der Waals surface area contributed by atoms with Crippen molar-refractivity contribution in [1.29, 1.82) is 0 Å². The molecular weight excluding hydrogens is 252 g/mol. The predicted octanol–water partition coefficient (Wildman–Crippen LogP) is 2.32. The van der Waals surface area contributed by atoms with Gasteiger partial charge in [-0.05, 0) is 24.1 Å². The third-order valence-corrected chi connectivity index (χ3v) is 3.34. The molecule has 0 fully saturated rings. The predicted molar refractivity (Wildman–Crippen MR) is 76.1 cm³/mol. The summed E-state index contributed by atoms with van der Waals surface area (Å²) in [6.07, 6.45) is 3.54. The fourth-order valence-corrected chi connectivity index (χ4v) is 2.38. The Balaban J connectivity index is 2.08. The van der Waals surface area contributed by atoms with Crippen LogP contribution in [0.15, 0.2) is 42.7 Å². The molecule has 1 N–H and O–H groups in total. The summed E-state index contributed by atoms with van der Waals surface area (Å²) >= 11 is 0. The van der Waals surface area contributed by atoms with E-state index in [1.165, 1.54) is 0 Å². The molecule has 0 spiro atoms. The third-order valence-electron chi connectivity index (χ3n) is 3.34. The molecule has 102 valence electrons. The molecule has 2 heterocycles. The molecule has 5 nitrogen and oxygen atoms in total. The molecule has 0 aliphatic carbocycles. The SMILES string of the molecule is CCCn1nncc1C(O)c1ccnc2ccccc12. The molecule has 0 amide bonds. The lowest BCUT2D eigenvalue weighted by molar-refractivity contribution is 0.209.